The Morgan fingerprint density at radius 3 is 0.667 bits per heavy atom. The fraction of sp³-hybridized carbons (Fsp3) is 0.772. The summed E-state index contributed by atoms with van der Waals surface area (Å²) in [5, 5.41) is 0. The fourth-order valence-electron chi connectivity index (χ4n) is 8.83. The van der Waals surface area contributed by atoms with E-state index in [1.807, 2.05) is 24.3 Å². The van der Waals surface area contributed by atoms with Gasteiger partial charge in [-0.05, 0) is 61.1 Å². The highest BCUT2D eigenvalue weighted by Crippen LogP contribution is 2.21. The quantitative estimate of drug-likeness (QED) is 0.0379. The highest BCUT2D eigenvalue weighted by atomic mass is 16.7. The van der Waals surface area contributed by atoms with Crippen LogP contribution in [0.4, 0.5) is 4.79 Å². The number of hydrogen-bond donors (Lipinski definition) is 0. The minimum Gasteiger partial charge on any atom is -0.395 e. The lowest BCUT2D eigenvalue weighted by Crippen LogP contribution is -2.13. The first kappa shape index (κ1) is 53.8. The normalized spacial score (nSPS) is 11.4. The molecule has 0 saturated carbocycles. The van der Waals surface area contributed by atoms with E-state index < -0.39 is 6.16 Å². The van der Waals surface area contributed by atoms with Gasteiger partial charge < -0.3 is 9.47 Å². The third kappa shape index (κ3) is 34.3. The number of aryl methyl sites for hydroxylation is 2. The summed E-state index contributed by atoms with van der Waals surface area (Å²) in [6.07, 6.45) is 57.9. The van der Waals surface area contributed by atoms with Crippen molar-refractivity contribution in [3.63, 3.8) is 0 Å². The van der Waals surface area contributed by atoms with Gasteiger partial charge in [0.1, 0.15) is 11.5 Å². The van der Waals surface area contributed by atoms with Crippen LogP contribution in [0.1, 0.15) is 282 Å². The summed E-state index contributed by atoms with van der Waals surface area (Å²) in [6.45, 7) is 4.60. The number of benzene rings is 2. The lowest BCUT2D eigenvalue weighted by Gasteiger charge is -2.08. The Morgan fingerprint density at radius 2 is 0.467 bits per heavy atom. The molecule has 60 heavy (non-hydrogen) atoms. The van der Waals surface area contributed by atoms with Crippen LogP contribution < -0.4 is 9.47 Å². The van der Waals surface area contributed by atoms with Gasteiger partial charge in [-0.1, -0.05) is 282 Å². The lowest BCUT2D eigenvalue weighted by atomic mass is 10.0. The maximum Gasteiger partial charge on any atom is 0.519 e. The summed E-state index contributed by atoms with van der Waals surface area (Å²) in [6, 6.07) is 15.9. The largest absolute Gasteiger partial charge is 0.519 e. The molecule has 0 radical (unpaired) electrons. The topological polar surface area (TPSA) is 35.5 Å². The Kier molecular flexibility index (Phi) is 37.7. The molecule has 0 amide bonds. The van der Waals surface area contributed by atoms with E-state index in [0.717, 1.165) is 12.8 Å². The van der Waals surface area contributed by atoms with E-state index in [0.29, 0.717) is 11.5 Å². The molecular formula is C57H98O3. The van der Waals surface area contributed by atoms with Gasteiger partial charge in [0.15, 0.2) is 0 Å². The van der Waals surface area contributed by atoms with Crippen molar-refractivity contribution in [3.05, 3.63) is 59.7 Å². The summed E-state index contributed by atoms with van der Waals surface area (Å²) in [5.74, 6) is 1.06. The second kappa shape index (κ2) is 42.0. The van der Waals surface area contributed by atoms with Gasteiger partial charge in [-0.3, -0.25) is 0 Å². The van der Waals surface area contributed by atoms with E-state index in [1.165, 1.54) is 268 Å². The van der Waals surface area contributed by atoms with Crippen molar-refractivity contribution in [2.24, 2.45) is 0 Å². The molecule has 3 heteroatoms. The van der Waals surface area contributed by atoms with Crippen LogP contribution in [0.5, 0.6) is 11.5 Å². The van der Waals surface area contributed by atoms with Gasteiger partial charge >= 0.3 is 6.16 Å². The SMILES string of the molecule is CCCCCCCCCCCCCCCCCCCCCCc1ccc(OC(=O)Oc2ccc(CCCCCCCCCCCCCCCCCCCCCC)cc2)cc1. The van der Waals surface area contributed by atoms with Crippen molar-refractivity contribution in [2.75, 3.05) is 0 Å². The Hall–Kier alpha value is -2.29. The van der Waals surface area contributed by atoms with Gasteiger partial charge in [-0.25, -0.2) is 4.79 Å². The molecule has 0 aliphatic rings. The van der Waals surface area contributed by atoms with E-state index in [4.69, 9.17) is 9.47 Å². The first-order valence-corrected chi connectivity index (χ1v) is 26.8. The first-order chi connectivity index (χ1) is 29.7. The minimum atomic E-state index is -0.682. The molecule has 0 bridgehead atoms. The van der Waals surface area contributed by atoms with Crippen LogP contribution in [0.2, 0.25) is 0 Å². The predicted molar refractivity (Wildman–Crippen MR) is 263 cm³/mol. The number of unbranched alkanes of at least 4 members (excludes halogenated alkanes) is 38. The van der Waals surface area contributed by atoms with Crippen LogP contribution in [0.15, 0.2) is 48.5 Å². The van der Waals surface area contributed by atoms with Gasteiger partial charge in [-0.2, -0.15) is 0 Å². The zero-order valence-electron chi connectivity index (χ0n) is 40.0. The zero-order chi connectivity index (χ0) is 42.7. The third-order valence-corrected chi connectivity index (χ3v) is 12.9. The summed E-state index contributed by atoms with van der Waals surface area (Å²) >= 11 is 0. The number of rotatable bonds is 44. The Labute approximate surface area is 373 Å². The van der Waals surface area contributed by atoms with Gasteiger partial charge in [0.2, 0.25) is 0 Å². The van der Waals surface area contributed by atoms with Crippen LogP contribution in [-0.2, 0) is 12.8 Å². The standard InChI is InChI=1S/C57H98O3/c1-3-5-7-9-11-13-15-17-19-21-23-25-27-29-31-33-35-37-39-41-43-53-45-49-55(50-46-53)59-57(58)60-56-51-47-54(48-52-56)44-42-40-38-36-34-32-30-28-26-24-22-20-18-16-14-12-10-8-6-4-2/h45-52H,3-44H2,1-2H3. The molecule has 3 nitrogen and oxygen atoms in total. The molecule has 0 atom stereocenters. The van der Waals surface area contributed by atoms with E-state index >= 15 is 0 Å². The predicted octanol–water partition coefficient (Wildman–Crippen LogP) is 20.0. The Morgan fingerprint density at radius 1 is 0.283 bits per heavy atom. The lowest BCUT2D eigenvalue weighted by molar-refractivity contribution is 0.152. The molecule has 0 saturated heterocycles. The maximum absolute atomic E-state index is 12.4. The average Bonchev–Trinajstić information content (AvgIpc) is 3.26. The minimum absolute atomic E-state index is 0.531. The molecule has 0 aromatic heterocycles. The summed E-state index contributed by atoms with van der Waals surface area (Å²) in [5.41, 5.74) is 2.60. The zero-order valence-corrected chi connectivity index (χ0v) is 40.0. The van der Waals surface area contributed by atoms with Crippen molar-refractivity contribution >= 4 is 6.16 Å². The van der Waals surface area contributed by atoms with Gasteiger partial charge in [0.25, 0.3) is 0 Å². The van der Waals surface area contributed by atoms with Crippen molar-refractivity contribution < 1.29 is 14.3 Å². The molecular weight excluding hydrogens is 733 g/mol. The second-order valence-corrected chi connectivity index (χ2v) is 18.7. The molecule has 0 spiro atoms. The van der Waals surface area contributed by atoms with Crippen LogP contribution >= 0.6 is 0 Å². The van der Waals surface area contributed by atoms with Gasteiger partial charge in [0.05, 0.1) is 0 Å². The van der Waals surface area contributed by atoms with Crippen LogP contribution in [0, 0.1) is 0 Å². The van der Waals surface area contributed by atoms with E-state index in [2.05, 4.69) is 38.1 Å². The number of carbonyl (C=O) groups excluding carboxylic acids is 1. The third-order valence-electron chi connectivity index (χ3n) is 12.9. The van der Waals surface area contributed by atoms with Crippen molar-refractivity contribution in [2.45, 2.75) is 284 Å². The van der Waals surface area contributed by atoms with E-state index in [1.54, 1.807) is 0 Å². The molecule has 0 aliphatic carbocycles. The van der Waals surface area contributed by atoms with Gasteiger partial charge in [-0.15, -0.1) is 0 Å². The summed E-state index contributed by atoms with van der Waals surface area (Å²) < 4.78 is 10.9. The van der Waals surface area contributed by atoms with E-state index in [-0.39, 0.29) is 0 Å². The molecule has 0 heterocycles. The molecule has 2 aromatic carbocycles. The molecule has 0 aliphatic heterocycles. The highest BCUT2D eigenvalue weighted by Gasteiger charge is 2.09. The number of hydrogen-bond acceptors (Lipinski definition) is 3. The Bertz CT molecular complexity index is 1080. The Balaban J connectivity index is 1.35. The number of ether oxygens (including phenoxy) is 2. The van der Waals surface area contributed by atoms with Crippen LogP contribution in [-0.4, -0.2) is 6.16 Å². The molecule has 0 N–H and O–H groups in total. The van der Waals surface area contributed by atoms with Crippen LogP contribution in [0.3, 0.4) is 0 Å². The maximum atomic E-state index is 12.4. The number of carbonyl (C=O) groups is 1. The fourth-order valence-corrected chi connectivity index (χ4v) is 8.83. The van der Waals surface area contributed by atoms with Gasteiger partial charge in [0, 0.05) is 0 Å². The highest BCUT2D eigenvalue weighted by molar-refractivity contribution is 5.67. The molecule has 0 fully saturated rings. The molecule has 0 unspecified atom stereocenters. The molecule has 2 rings (SSSR count). The smallest absolute Gasteiger partial charge is 0.395 e. The summed E-state index contributed by atoms with van der Waals surface area (Å²) in [4.78, 5) is 12.4. The van der Waals surface area contributed by atoms with E-state index in [9.17, 15) is 4.79 Å². The first-order valence-electron chi connectivity index (χ1n) is 26.8. The molecule has 344 valence electrons. The monoisotopic (exact) mass is 831 g/mol. The molecule has 2 aromatic rings. The van der Waals surface area contributed by atoms with Crippen molar-refractivity contribution in [3.8, 4) is 11.5 Å². The average molecular weight is 831 g/mol. The van der Waals surface area contributed by atoms with Crippen molar-refractivity contribution in [1.29, 1.82) is 0 Å². The summed E-state index contributed by atoms with van der Waals surface area (Å²) in [7, 11) is 0. The van der Waals surface area contributed by atoms with Crippen molar-refractivity contribution in [1.82, 2.24) is 0 Å². The second-order valence-electron chi connectivity index (χ2n) is 18.7. The van der Waals surface area contributed by atoms with Crippen LogP contribution in [0.25, 0.3) is 0 Å².